The molecule has 0 aliphatic carbocycles. The Balaban J connectivity index is 1.88. The van der Waals surface area contributed by atoms with Crippen LogP contribution in [0.25, 0.3) is 0 Å². The van der Waals surface area contributed by atoms with Crippen LogP contribution in [0.4, 0.5) is 5.69 Å². The van der Waals surface area contributed by atoms with Crippen molar-refractivity contribution in [3.63, 3.8) is 0 Å². The molecule has 1 aromatic heterocycles. The number of esters is 1. The second-order valence-corrected chi connectivity index (χ2v) is 5.83. The van der Waals surface area contributed by atoms with E-state index in [1.54, 1.807) is 42.5 Å². The number of hydrogen-bond donors (Lipinski definition) is 2. The number of halogens is 1. The lowest BCUT2D eigenvalue weighted by Crippen LogP contribution is -2.42. The molecule has 2 rings (SSSR count). The minimum atomic E-state index is -1.07. The average molecular weight is 376 g/mol. The van der Waals surface area contributed by atoms with Gasteiger partial charge in [0.25, 0.3) is 11.8 Å². The highest BCUT2D eigenvalue weighted by atomic mass is 35.5. The summed E-state index contributed by atoms with van der Waals surface area (Å²) in [5, 5.41) is 5.17. The first-order chi connectivity index (χ1) is 12.4. The van der Waals surface area contributed by atoms with Crippen molar-refractivity contribution in [2.75, 3.05) is 5.32 Å². The summed E-state index contributed by atoms with van der Waals surface area (Å²) in [5.41, 5.74) is 0.733. The predicted molar refractivity (Wildman–Crippen MR) is 96.8 cm³/mol. The lowest BCUT2D eigenvalue weighted by molar-refractivity contribution is -0.154. The number of aromatic nitrogens is 1. The Bertz CT molecular complexity index is 798. The summed E-state index contributed by atoms with van der Waals surface area (Å²) >= 11 is 5.86. The molecular weight excluding hydrogens is 358 g/mol. The monoisotopic (exact) mass is 375 g/mol. The first-order valence-corrected chi connectivity index (χ1v) is 8.24. The number of ether oxygens (including phenoxy) is 1. The number of pyridine rings is 1. The number of nitrogens with zero attached hydrogens (tertiary/aromatic N) is 1. The van der Waals surface area contributed by atoms with Gasteiger partial charge in [0, 0.05) is 11.8 Å². The fourth-order valence-electron chi connectivity index (χ4n) is 1.97. The molecule has 26 heavy (non-hydrogen) atoms. The van der Waals surface area contributed by atoms with Gasteiger partial charge in [0.05, 0.1) is 5.69 Å². The van der Waals surface area contributed by atoms with E-state index in [4.69, 9.17) is 16.3 Å². The minimum absolute atomic E-state index is 0.128. The SMILES string of the molecule is C[C@H](NC(=O)c1ccccc1)C(=O)O[C@@H](C)C(=O)Nc1cccnc1Cl. The molecule has 7 nitrogen and oxygen atoms in total. The number of hydrogen-bond acceptors (Lipinski definition) is 5. The zero-order valence-corrected chi connectivity index (χ0v) is 15.0. The van der Waals surface area contributed by atoms with E-state index in [-0.39, 0.29) is 5.15 Å². The number of carbonyl (C=O) groups is 3. The molecule has 8 heteroatoms. The molecule has 0 unspecified atom stereocenters. The number of benzene rings is 1. The summed E-state index contributed by atoms with van der Waals surface area (Å²) in [6.45, 7) is 2.90. The third kappa shape index (κ3) is 5.29. The topological polar surface area (TPSA) is 97.4 Å². The van der Waals surface area contributed by atoms with Gasteiger partial charge in [-0.15, -0.1) is 0 Å². The van der Waals surface area contributed by atoms with Crippen LogP contribution in [0.2, 0.25) is 5.15 Å². The summed E-state index contributed by atoms with van der Waals surface area (Å²) in [5.74, 6) is -1.70. The molecule has 2 N–H and O–H groups in total. The zero-order valence-electron chi connectivity index (χ0n) is 14.2. The van der Waals surface area contributed by atoms with Crippen LogP contribution in [0.1, 0.15) is 24.2 Å². The summed E-state index contributed by atoms with van der Waals surface area (Å²) in [6, 6.07) is 10.7. The summed E-state index contributed by atoms with van der Waals surface area (Å²) in [4.78, 5) is 40.1. The van der Waals surface area contributed by atoms with Crippen LogP contribution in [0.3, 0.4) is 0 Å². The van der Waals surface area contributed by atoms with E-state index in [9.17, 15) is 14.4 Å². The van der Waals surface area contributed by atoms with Crippen LogP contribution in [0.5, 0.6) is 0 Å². The highest BCUT2D eigenvalue weighted by Crippen LogP contribution is 2.17. The van der Waals surface area contributed by atoms with Gasteiger partial charge in [-0.3, -0.25) is 9.59 Å². The van der Waals surface area contributed by atoms with Crippen molar-refractivity contribution in [1.29, 1.82) is 0 Å². The molecule has 0 aliphatic heterocycles. The molecule has 2 aromatic rings. The Kier molecular flexibility index (Phi) is 6.68. The van der Waals surface area contributed by atoms with E-state index >= 15 is 0 Å². The Labute approximate surface area is 155 Å². The molecule has 0 saturated carbocycles. The third-order valence-electron chi connectivity index (χ3n) is 3.42. The molecule has 2 atom stereocenters. The highest BCUT2D eigenvalue weighted by Gasteiger charge is 2.24. The van der Waals surface area contributed by atoms with E-state index in [1.807, 2.05) is 0 Å². The number of nitrogens with one attached hydrogen (secondary N) is 2. The van der Waals surface area contributed by atoms with Crippen LogP contribution < -0.4 is 10.6 Å². The predicted octanol–water partition coefficient (Wildman–Crippen LogP) is 2.42. The summed E-state index contributed by atoms with van der Waals surface area (Å²) < 4.78 is 5.09. The molecule has 136 valence electrons. The zero-order chi connectivity index (χ0) is 19.1. The molecule has 0 saturated heterocycles. The molecule has 0 fully saturated rings. The van der Waals surface area contributed by atoms with Gasteiger partial charge in [-0.25, -0.2) is 9.78 Å². The van der Waals surface area contributed by atoms with Gasteiger partial charge < -0.3 is 15.4 Å². The van der Waals surface area contributed by atoms with Crippen LogP contribution >= 0.6 is 11.6 Å². The average Bonchev–Trinajstić information content (AvgIpc) is 2.64. The Hall–Kier alpha value is -2.93. The van der Waals surface area contributed by atoms with Crippen molar-refractivity contribution in [2.45, 2.75) is 26.0 Å². The quantitative estimate of drug-likeness (QED) is 0.597. The Morgan fingerprint density at radius 3 is 2.42 bits per heavy atom. The largest absolute Gasteiger partial charge is 0.451 e. The lowest BCUT2D eigenvalue weighted by atomic mass is 10.2. The number of amides is 2. The molecule has 1 heterocycles. The van der Waals surface area contributed by atoms with E-state index < -0.39 is 29.9 Å². The molecule has 0 spiro atoms. The van der Waals surface area contributed by atoms with Crippen molar-refractivity contribution in [1.82, 2.24) is 10.3 Å². The van der Waals surface area contributed by atoms with E-state index in [0.29, 0.717) is 11.3 Å². The van der Waals surface area contributed by atoms with Gasteiger partial charge in [0.15, 0.2) is 11.3 Å². The van der Waals surface area contributed by atoms with Crippen molar-refractivity contribution >= 4 is 35.1 Å². The van der Waals surface area contributed by atoms with E-state index in [1.165, 1.54) is 20.0 Å². The second kappa shape index (κ2) is 8.96. The summed E-state index contributed by atoms with van der Waals surface area (Å²) in [6.07, 6.45) is 0.410. The lowest BCUT2D eigenvalue weighted by Gasteiger charge is -2.17. The maximum absolute atomic E-state index is 12.1. The van der Waals surface area contributed by atoms with Crippen molar-refractivity contribution in [3.8, 4) is 0 Å². The number of anilines is 1. The third-order valence-corrected chi connectivity index (χ3v) is 3.72. The Morgan fingerprint density at radius 1 is 1.08 bits per heavy atom. The fourth-order valence-corrected chi connectivity index (χ4v) is 2.14. The van der Waals surface area contributed by atoms with Crippen LogP contribution in [-0.2, 0) is 14.3 Å². The maximum Gasteiger partial charge on any atom is 0.329 e. The van der Waals surface area contributed by atoms with Crippen LogP contribution in [0.15, 0.2) is 48.7 Å². The molecule has 0 bridgehead atoms. The highest BCUT2D eigenvalue weighted by molar-refractivity contribution is 6.32. The van der Waals surface area contributed by atoms with Crippen molar-refractivity contribution in [3.05, 3.63) is 59.4 Å². The Morgan fingerprint density at radius 2 is 1.77 bits per heavy atom. The smallest absolute Gasteiger partial charge is 0.329 e. The first kappa shape index (κ1) is 19.4. The van der Waals surface area contributed by atoms with Crippen LogP contribution in [-0.4, -0.2) is 34.9 Å². The fraction of sp³-hybridized carbons (Fsp3) is 0.222. The van der Waals surface area contributed by atoms with Crippen molar-refractivity contribution < 1.29 is 19.1 Å². The molecule has 0 radical (unpaired) electrons. The van der Waals surface area contributed by atoms with Gasteiger partial charge in [-0.05, 0) is 38.1 Å². The van der Waals surface area contributed by atoms with Crippen LogP contribution in [0, 0.1) is 0 Å². The second-order valence-electron chi connectivity index (χ2n) is 5.47. The number of rotatable bonds is 6. The van der Waals surface area contributed by atoms with Gasteiger partial charge in [0.1, 0.15) is 6.04 Å². The maximum atomic E-state index is 12.1. The normalized spacial score (nSPS) is 12.6. The first-order valence-electron chi connectivity index (χ1n) is 7.86. The summed E-state index contributed by atoms with van der Waals surface area (Å²) in [7, 11) is 0. The molecular formula is C18H18ClN3O4. The van der Waals surface area contributed by atoms with E-state index in [0.717, 1.165) is 0 Å². The van der Waals surface area contributed by atoms with Gasteiger partial charge >= 0.3 is 5.97 Å². The molecule has 0 aliphatic rings. The van der Waals surface area contributed by atoms with E-state index in [2.05, 4.69) is 15.6 Å². The van der Waals surface area contributed by atoms with Gasteiger partial charge in [-0.1, -0.05) is 29.8 Å². The standard InChI is InChI=1S/C18H18ClN3O4/c1-11(21-17(24)13-7-4-3-5-8-13)18(25)26-12(2)16(23)22-14-9-6-10-20-15(14)19/h3-12H,1-2H3,(H,21,24)(H,22,23)/t11-,12-/m0/s1. The van der Waals surface area contributed by atoms with Gasteiger partial charge in [-0.2, -0.15) is 0 Å². The molecule has 1 aromatic carbocycles. The number of carbonyl (C=O) groups excluding carboxylic acids is 3. The molecule has 2 amide bonds. The van der Waals surface area contributed by atoms with Gasteiger partial charge in [0.2, 0.25) is 0 Å². The van der Waals surface area contributed by atoms with Crippen molar-refractivity contribution in [2.24, 2.45) is 0 Å². The minimum Gasteiger partial charge on any atom is -0.451 e.